The van der Waals surface area contributed by atoms with Crippen LogP contribution < -0.4 is 10.1 Å². The van der Waals surface area contributed by atoms with E-state index in [2.05, 4.69) is 15.3 Å². The number of aryl methyl sites for hydroxylation is 1. The molecule has 0 bridgehead atoms. The van der Waals surface area contributed by atoms with Crippen molar-refractivity contribution < 1.29 is 27.5 Å². The average molecular weight is 489 g/mol. The average Bonchev–Trinajstić information content (AvgIpc) is 3.27. The first kappa shape index (κ1) is 24.5. The monoisotopic (exact) mass is 489 g/mol. The van der Waals surface area contributed by atoms with Crippen LogP contribution in [-0.4, -0.2) is 71.4 Å². The minimum Gasteiger partial charge on any atom is -0.497 e. The maximum atomic E-state index is 12.8. The molecule has 1 aromatic heterocycles. The van der Waals surface area contributed by atoms with Gasteiger partial charge in [0.1, 0.15) is 5.75 Å². The van der Waals surface area contributed by atoms with Gasteiger partial charge in [0.15, 0.2) is 0 Å². The second-order valence-corrected chi connectivity index (χ2v) is 8.37. The van der Waals surface area contributed by atoms with Crippen LogP contribution in [-0.2, 0) is 22.2 Å². The molecule has 2 heterocycles. The fourth-order valence-electron chi connectivity index (χ4n) is 3.98. The van der Waals surface area contributed by atoms with Gasteiger partial charge < -0.3 is 19.9 Å². The van der Waals surface area contributed by atoms with Crippen molar-refractivity contribution in [3.05, 3.63) is 53.9 Å². The van der Waals surface area contributed by atoms with Crippen molar-refractivity contribution in [3.63, 3.8) is 0 Å². The third kappa shape index (κ3) is 6.30. The number of ether oxygens (including phenoxy) is 1. The molecule has 1 fully saturated rings. The Hall–Kier alpha value is -3.60. The minimum atomic E-state index is -4.57. The number of fused-ring (bicyclic) bond motifs is 1. The van der Waals surface area contributed by atoms with Crippen LogP contribution in [0.3, 0.4) is 0 Å². The number of nitrogens with one attached hydrogen (secondary N) is 2. The van der Waals surface area contributed by atoms with Gasteiger partial charge in [-0.25, -0.2) is 4.98 Å². The molecule has 2 N–H and O–H groups in total. The Kier molecular flexibility index (Phi) is 7.25. The van der Waals surface area contributed by atoms with E-state index in [1.165, 1.54) is 18.2 Å². The van der Waals surface area contributed by atoms with E-state index in [-0.39, 0.29) is 29.4 Å². The molecule has 0 unspecified atom stereocenters. The van der Waals surface area contributed by atoms with Gasteiger partial charge in [0.25, 0.3) is 0 Å². The largest absolute Gasteiger partial charge is 0.497 e. The molecule has 0 saturated carbocycles. The molecule has 4 rings (SSSR count). The smallest absolute Gasteiger partial charge is 0.449 e. The number of piperazine rings is 1. The van der Waals surface area contributed by atoms with Gasteiger partial charge in [0, 0.05) is 38.3 Å². The summed E-state index contributed by atoms with van der Waals surface area (Å²) >= 11 is 0. The van der Waals surface area contributed by atoms with E-state index >= 15 is 0 Å². The number of carbonyl (C=O) groups is 2. The molecule has 3 aromatic rings. The second kappa shape index (κ2) is 10.3. The minimum absolute atomic E-state index is 0.0796. The number of aromatic nitrogens is 2. The van der Waals surface area contributed by atoms with Gasteiger partial charge in [-0.1, -0.05) is 12.1 Å². The number of halogens is 3. The van der Waals surface area contributed by atoms with Crippen LogP contribution in [0.25, 0.3) is 11.0 Å². The summed E-state index contributed by atoms with van der Waals surface area (Å²) < 4.78 is 43.6. The Bertz CT molecular complexity index is 1190. The zero-order valence-electron chi connectivity index (χ0n) is 19.2. The molecule has 11 heteroatoms. The maximum absolute atomic E-state index is 12.8. The predicted octanol–water partition coefficient (Wildman–Crippen LogP) is 3.31. The summed E-state index contributed by atoms with van der Waals surface area (Å²) in [5.74, 6) is -0.500. The van der Waals surface area contributed by atoms with Crippen molar-refractivity contribution in [2.24, 2.45) is 0 Å². The molecule has 0 radical (unpaired) electrons. The van der Waals surface area contributed by atoms with Crippen molar-refractivity contribution in [2.75, 3.05) is 45.2 Å². The number of imidazole rings is 1. The molecule has 2 aromatic carbocycles. The van der Waals surface area contributed by atoms with Crippen LogP contribution in [0.4, 0.5) is 18.9 Å². The predicted molar refractivity (Wildman–Crippen MR) is 124 cm³/mol. The highest BCUT2D eigenvalue weighted by Gasteiger charge is 2.34. The van der Waals surface area contributed by atoms with Gasteiger partial charge in [-0.3, -0.25) is 14.5 Å². The number of nitrogens with zero attached hydrogens (tertiary/aromatic N) is 3. The third-order valence-corrected chi connectivity index (χ3v) is 5.91. The summed E-state index contributed by atoms with van der Waals surface area (Å²) in [4.78, 5) is 34.5. The summed E-state index contributed by atoms with van der Waals surface area (Å²) in [6, 6.07) is 12.0. The summed E-state index contributed by atoms with van der Waals surface area (Å²) in [7, 11) is 1.61. The van der Waals surface area contributed by atoms with Crippen LogP contribution in [0.15, 0.2) is 42.5 Å². The van der Waals surface area contributed by atoms with Crippen LogP contribution >= 0.6 is 0 Å². The van der Waals surface area contributed by atoms with Gasteiger partial charge in [0.05, 0.1) is 24.7 Å². The van der Waals surface area contributed by atoms with Crippen molar-refractivity contribution in [2.45, 2.75) is 19.0 Å². The molecular weight excluding hydrogens is 463 g/mol. The number of hydrogen-bond acceptors (Lipinski definition) is 5. The van der Waals surface area contributed by atoms with Crippen molar-refractivity contribution in [3.8, 4) is 5.75 Å². The molecule has 35 heavy (non-hydrogen) atoms. The first-order chi connectivity index (χ1) is 16.7. The number of hydrogen-bond donors (Lipinski definition) is 2. The highest BCUT2D eigenvalue weighted by Crippen LogP contribution is 2.29. The fourth-order valence-corrected chi connectivity index (χ4v) is 3.98. The van der Waals surface area contributed by atoms with Crippen LogP contribution in [0.2, 0.25) is 0 Å². The van der Waals surface area contributed by atoms with Gasteiger partial charge >= 0.3 is 6.18 Å². The Labute approximate surface area is 200 Å². The van der Waals surface area contributed by atoms with Crippen molar-refractivity contribution >= 4 is 28.5 Å². The fraction of sp³-hybridized carbons (Fsp3) is 0.375. The number of anilines is 1. The first-order valence-corrected chi connectivity index (χ1v) is 11.2. The first-order valence-electron chi connectivity index (χ1n) is 11.2. The van der Waals surface area contributed by atoms with E-state index in [1.54, 1.807) is 7.11 Å². The van der Waals surface area contributed by atoms with E-state index in [0.717, 1.165) is 11.3 Å². The lowest BCUT2D eigenvalue weighted by Gasteiger charge is -2.34. The van der Waals surface area contributed by atoms with Gasteiger partial charge in [0.2, 0.25) is 17.6 Å². The van der Waals surface area contributed by atoms with Gasteiger partial charge in [-0.05, 0) is 42.3 Å². The highest BCUT2D eigenvalue weighted by atomic mass is 19.4. The van der Waals surface area contributed by atoms with Crippen LogP contribution in [0.5, 0.6) is 5.75 Å². The Balaban J connectivity index is 1.22. The number of amides is 2. The summed E-state index contributed by atoms with van der Waals surface area (Å²) in [6.45, 7) is 2.33. The number of H-pyrrole nitrogens is 1. The number of rotatable bonds is 7. The highest BCUT2D eigenvalue weighted by molar-refractivity contribution is 5.94. The maximum Gasteiger partial charge on any atom is 0.449 e. The molecule has 8 nitrogen and oxygen atoms in total. The van der Waals surface area contributed by atoms with Crippen LogP contribution in [0, 0.1) is 0 Å². The molecular formula is C24H26F3N5O3. The number of aromatic amines is 1. The SMILES string of the molecule is COc1ccc(CCC(=O)N2CCN(CC(=O)Nc3ccc4nc(C(F)(F)F)[nH]c4c3)CC2)cc1. The molecule has 186 valence electrons. The number of carbonyl (C=O) groups excluding carboxylic acids is 2. The summed E-state index contributed by atoms with van der Waals surface area (Å²) in [5, 5.41) is 2.71. The number of methoxy groups -OCH3 is 1. The lowest BCUT2D eigenvalue weighted by molar-refractivity contribution is -0.144. The summed E-state index contributed by atoms with van der Waals surface area (Å²) in [5.41, 5.74) is 1.81. The van der Waals surface area contributed by atoms with E-state index in [0.29, 0.717) is 44.7 Å². The normalized spacial score (nSPS) is 14.8. The molecule has 2 amide bonds. The molecule has 0 spiro atoms. The van der Waals surface area contributed by atoms with Gasteiger partial charge in [-0.2, -0.15) is 13.2 Å². The molecule has 0 atom stereocenters. The second-order valence-electron chi connectivity index (χ2n) is 8.37. The Morgan fingerprint density at radius 3 is 2.46 bits per heavy atom. The number of alkyl halides is 3. The summed E-state index contributed by atoms with van der Waals surface area (Å²) in [6.07, 6.45) is -3.50. The standard InChI is InChI=1S/C24H26F3N5O3/c1-35-18-6-2-16(3-7-18)4-9-22(34)32-12-10-31(11-13-32)15-21(33)28-17-5-8-19-20(14-17)30-23(29-19)24(25,26)27/h2-3,5-8,14H,4,9-13,15H2,1H3,(H,28,33)(H,29,30). The quantitative estimate of drug-likeness (QED) is 0.532. The number of benzene rings is 2. The van der Waals surface area contributed by atoms with Crippen molar-refractivity contribution in [1.29, 1.82) is 0 Å². The lowest BCUT2D eigenvalue weighted by Crippen LogP contribution is -2.50. The molecule has 1 saturated heterocycles. The van der Waals surface area contributed by atoms with Crippen molar-refractivity contribution in [1.82, 2.24) is 19.8 Å². The topological polar surface area (TPSA) is 90.6 Å². The van der Waals surface area contributed by atoms with E-state index in [1.807, 2.05) is 34.1 Å². The Morgan fingerprint density at radius 2 is 1.80 bits per heavy atom. The Morgan fingerprint density at radius 1 is 1.09 bits per heavy atom. The van der Waals surface area contributed by atoms with E-state index in [4.69, 9.17) is 4.74 Å². The zero-order valence-corrected chi connectivity index (χ0v) is 19.2. The third-order valence-electron chi connectivity index (χ3n) is 5.91. The zero-order chi connectivity index (χ0) is 25.0. The van der Waals surface area contributed by atoms with E-state index < -0.39 is 12.0 Å². The van der Waals surface area contributed by atoms with Crippen LogP contribution in [0.1, 0.15) is 17.8 Å². The molecule has 0 aliphatic carbocycles. The molecule has 1 aliphatic rings. The molecule has 1 aliphatic heterocycles. The van der Waals surface area contributed by atoms with E-state index in [9.17, 15) is 22.8 Å². The lowest BCUT2D eigenvalue weighted by atomic mass is 10.1. The van der Waals surface area contributed by atoms with Gasteiger partial charge in [-0.15, -0.1) is 0 Å².